The van der Waals surface area contributed by atoms with Crippen LogP contribution in [0, 0.1) is 6.92 Å². The fourth-order valence-electron chi connectivity index (χ4n) is 3.28. The van der Waals surface area contributed by atoms with Gasteiger partial charge in [0.15, 0.2) is 5.76 Å². The maximum absolute atomic E-state index is 5.25. The van der Waals surface area contributed by atoms with Crippen LogP contribution in [0.2, 0.25) is 0 Å². The number of piperidine rings is 1. The summed E-state index contributed by atoms with van der Waals surface area (Å²) < 4.78 is 5.25. The van der Waals surface area contributed by atoms with Gasteiger partial charge in [-0.15, -0.1) is 0 Å². The van der Waals surface area contributed by atoms with Crippen molar-refractivity contribution < 1.29 is 4.52 Å². The number of nitrogens with zero attached hydrogens (tertiary/aromatic N) is 2. The summed E-state index contributed by atoms with van der Waals surface area (Å²) in [6.07, 6.45) is 11.1. The SMILES string of the molecule is Cc1cc(/C=C/C23CCCCN2CCC3)on1. The van der Waals surface area contributed by atoms with E-state index in [1.54, 1.807) is 0 Å². The number of fused-ring (bicyclic) bond motifs is 1. The van der Waals surface area contributed by atoms with Crippen LogP contribution in [0.15, 0.2) is 16.7 Å². The highest BCUT2D eigenvalue weighted by atomic mass is 16.5. The lowest BCUT2D eigenvalue weighted by Gasteiger charge is -2.40. The van der Waals surface area contributed by atoms with E-state index in [4.69, 9.17) is 4.52 Å². The Balaban J connectivity index is 1.80. The van der Waals surface area contributed by atoms with Crippen molar-refractivity contribution in [2.24, 2.45) is 0 Å². The van der Waals surface area contributed by atoms with Crippen molar-refractivity contribution in [3.05, 3.63) is 23.6 Å². The first kappa shape index (κ1) is 11.0. The van der Waals surface area contributed by atoms with E-state index in [1.165, 1.54) is 45.2 Å². The molecule has 0 bridgehead atoms. The lowest BCUT2D eigenvalue weighted by molar-refractivity contribution is 0.134. The van der Waals surface area contributed by atoms with E-state index in [2.05, 4.69) is 22.2 Å². The molecule has 1 unspecified atom stereocenters. The van der Waals surface area contributed by atoms with Crippen molar-refractivity contribution >= 4 is 6.08 Å². The first-order chi connectivity index (χ1) is 8.28. The minimum atomic E-state index is 0.318. The number of aryl methyl sites for hydroxylation is 1. The molecule has 0 aromatic carbocycles. The van der Waals surface area contributed by atoms with E-state index in [0.717, 1.165) is 11.5 Å². The van der Waals surface area contributed by atoms with Gasteiger partial charge in [-0.3, -0.25) is 4.90 Å². The van der Waals surface area contributed by atoms with Crippen molar-refractivity contribution in [2.45, 2.75) is 44.6 Å². The Kier molecular flexibility index (Phi) is 2.79. The van der Waals surface area contributed by atoms with Crippen LogP contribution in [-0.2, 0) is 0 Å². The van der Waals surface area contributed by atoms with Gasteiger partial charge < -0.3 is 4.52 Å². The second-order valence-electron chi connectivity index (χ2n) is 5.36. The molecule has 92 valence electrons. The summed E-state index contributed by atoms with van der Waals surface area (Å²) in [7, 11) is 0. The second-order valence-corrected chi connectivity index (χ2v) is 5.36. The second kappa shape index (κ2) is 4.30. The largest absolute Gasteiger partial charge is 0.357 e. The maximum Gasteiger partial charge on any atom is 0.159 e. The van der Waals surface area contributed by atoms with Gasteiger partial charge in [-0.1, -0.05) is 17.7 Å². The van der Waals surface area contributed by atoms with Gasteiger partial charge in [0.05, 0.1) is 5.69 Å². The molecule has 0 saturated carbocycles. The first-order valence-electron chi connectivity index (χ1n) is 6.66. The van der Waals surface area contributed by atoms with E-state index in [9.17, 15) is 0 Å². The zero-order valence-electron chi connectivity index (χ0n) is 10.5. The standard InChI is InChI=1S/C14H20N2O/c1-12-11-13(17-15-12)5-8-14-6-2-3-9-16(14)10-4-7-14/h5,8,11H,2-4,6-7,9-10H2,1H3/b8-5+. The Morgan fingerprint density at radius 3 is 2.94 bits per heavy atom. The molecular formula is C14H20N2O. The molecule has 0 aliphatic carbocycles. The Morgan fingerprint density at radius 1 is 1.29 bits per heavy atom. The normalized spacial score (nSPS) is 29.9. The van der Waals surface area contributed by atoms with Gasteiger partial charge in [0.1, 0.15) is 0 Å². The fraction of sp³-hybridized carbons (Fsp3) is 0.643. The van der Waals surface area contributed by atoms with Crippen LogP contribution in [-0.4, -0.2) is 28.7 Å². The summed E-state index contributed by atoms with van der Waals surface area (Å²) >= 11 is 0. The number of aromatic nitrogens is 1. The minimum absolute atomic E-state index is 0.318. The summed E-state index contributed by atoms with van der Waals surface area (Å²) in [6.45, 7) is 4.49. The zero-order chi connectivity index (χ0) is 11.7. The summed E-state index contributed by atoms with van der Waals surface area (Å²) in [5, 5.41) is 3.92. The number of rotatable bonds is 2. The molecule has 0 radical (unpaired) electrons. The molecule has 2 aliphatic rings. The van der Waals surface area contributed by atoms with Crippen LogP contribution in [0.25, 0.3) is 6.08 Å². The van der Waals surface area contributed by atoms with Crippen molar-refractivity contribution in [1.82, 2.24) is 10.1 Å². The first-order valence-corrected chi connectivity index (χ1v) is 6.66. The van der Waals surface area contributed by atoms with E-state index >= 15 is 0 Å². The van der Waals surface area contributed by atoms with Crippen LogP contribution in [0.4, 0.5) is 0 Å². The molecule has 17 heavy (non-hydrogen) atoms. The quantitative estimate of drug-likeness (QED) is 0.785. The predicted octanol–water partition coefficient (Wildman–Crippen LogP) is 3.01. The Labute approximate surface area is 102 Å². The molecule has 3 nitrogen and oxygen atoms in total. The third-order valence-electron chi connectivity index (χ3n) is 4.16. The summed E-state index contributed by atoms with van der Waals surface area (Å²) in [5.41, 5.74) is 1.27. The molecule has 3 heterocycles. The Morgan fingerprint density at radius 2 is 2.12 bits per heavy atom. The van der Waals surface area contributed by atoms with Gasteiger partial charge in [-0.25, -0.2) is 0 Å². The lowest BCUT2D eigenvalue weighted by atomic mass is 9.86. The van der Waals surface area contributed by atoms with E-state index in [1.807, 2.05) is 13.0 Å². The van der Waals surface area contributed by atoms with Crippen molar-refractivity contribution in [2.75, 3.05) is 13.1 Å². The maximum atomic E-state index is 5.25. The van der Waals surface area contributed by atoms with Gasteiger partial charge in [0.25, 0.3) is 0 Å². The molecule has 0 spiro atoms. The molecule has 2 aliphatic heterocycles. The van der Waals surface area contributed by atoms with Crippen LogP contribution >= 0.6 is 0 Å². The molecule has 1 atom stereocenters. The van der Waals surface area contributed by atoms with Crippen molar-refractivity contribution in [3.63, 3.8) is 0 Å². The fourth-order valence-corrected chi connectivity index (χ4v) is 3.28. The van der Waals surface area contributed by atoms with Crippen LogP contribution in [0.3, 0.4) is 0 Å². The predicted molar refractivity (Wildman–Crippen MR) is 67.7 cm³/mol. The Hall–Kier alpha value is -1.09. The van der Waals surface area contributed by atoms with Gasteiger partial charge in [-0.05, 0) is 51.8 Å². The lowest BCUT2D eigenvalue weighted by Crippen LogP contribution is -2.45. The molecule has 0 N–H and O–H groups in total. The molecule has 1 aromatic heterocycles. The third-order valence-corrected chi connectivity index (χ3v) is 4.16. The molecule has 3 rings (SSSR count). The molecule has 2 fully saturated rings. The highest BCUT2D eigenvalue weighted by molar-refractivity contribution is 5.45. The zero-order valence-corrected chi connectivity index (χ0v) is 10.5. The molecule has 0 amide bonds. The monoisotopic (exact) mass is 232 g/mol. The van der Waals surface area contributed by atoms with Crippen molar-refractivity contribution in [1.29, 1.82) is 0 Å². The van der Waals surface area contributed by atoms with Gasteiger partial charge in [0.2, 0.25) is 0 Å². The van der Waals surface area contributed by atoms with E-state index in [-0.39, 0.29) is 0 Å². The highest BCUT2D eigenvalue weighted by Gasteiger charge is 2.39. The summed E-state index contributed by atoms with van der Waals surface area (Å²) in [5.74, 6) is 0.884. The topological polar surface area (TPSA) is 29.3 Å². The van der Waals surface area contributed by atoms with E-state index in [0.29, 0.717) is 5.54 Å². The van der Waals surface area contributed by atoms with Crippen molar-refractivity contribution in [3.8, 4) is 0 Å². The molecule has 3 heteroatoms. The average Bonchev–Trinajstić information content (AvgIpc) is 2.93. The summed E-state index contributed by atoms with van der Waals surface area (Å²) in [6, 6.07) is 2.00. The third kappa shape index (κ3) is 2.04. The average molecular weight is 232 g/mol. The van der Waals surface area contributed by atoms with Crippen LogP contribution < -0.4 is 0 Å². The Bertz CT molecular complexity index is 424. The summed E-state index contributed by atoms with van der Waals surface area (Å²) in [4.78, 5) is 2.65. The number of hydrogen-bond donors (Lipinski definition) is 0. The molecule has 2 saturated heterocycles. The van der Waals surface area contributed by atoms with Gasteiger partial charge in [-0.2, -0.15) is 0 Å². The number of hydrogen-bond acceptors (Lipinski definition) is 3. The minimum Gasteiger partial charge on any atom is -0.357 e. The van der Waals surface area contributed by atoms with Gasteiger partial charge >= 0.3 is 0 Å². The highest BCUT2D eigenvalue weighted by Crippen LogP contribution is 2.39. The van der Waals surface area contributed by atoms with Crippen LogP contribution in [0.5, 0.6) is 0 Å². The molecular weight excluding hydrogens is 212 g/mol. The van der Waals surface area contributed by atoms with Gasteiger partial charge in [0, 0.05) is 11.6 Å². The van der Waals surface area contributed by atoms with E-state index < -0.39 is 0 Å². The molecule has 1 aromatic rings. The van der Waals surface area contributed by atoms with Crippen LogP contribution in [0.1, 0.15) is 43.6 Å². The smallest absolute Gasteiger partial charge is 0.159 e.